The molecule has 1 aromatic carbocycles. The van der Waals surface area contributed by atoms with E-state index in [0.717, 1.165) is 21.7 Å². The van der Waals surface area contributed by atoms with Crippen LogP contribution in [0.3, 0.4) is 0 Å². The van der Waals surface area contributed by atoms with E-state index in [1.54, 1.807) is 11.3 Å². The number of rotatable bonds is 8. The zero-order chi connectivity index (χ0) is 26.6. The van der Waals surface area contributed by atoms with Gasteiger partial charge in [-0.3, -0.25) is 14.4 Å². The molecule has 9 heteroatoms. The van der Waals surface area contributed by atoms with Gasteiger partial charge in [0, 0.05) is 25.9 Å². The van der Waals surface area contributed by atoms with Crippen LogP contribution in [-0.2, 0) is 20.9 Å². The molecule has 0 bridgehead atoms. The van der Waals surface area contributed by atoms with Crippen molar-refractivity contribution < 1.29 is 19.5 Å². The number of amides is 3. The highest BCUT2D eigenvalue weighted by Crippen LogP contribution is 2.28. The number of hydrogen-bond acceptors (Lipinski definition) is 6. The molecule has 8 nitrogen and oxygen atoms in total. The minimum Gasteiger partial charge on any atom is -0.391 e. The lowest BCUT2D eigenvalue weighted by atomic mass is 9.85. The van der Waals surface area contributed by atoms with Crippen LogP contribution in [0.1, 0.15) is 58.7 Å². The first-order valence-corrected chi connectivity index (χ1v) is 13.3. The van der Waals surface area contributed by atoms with E-state index in [9.17, 15) is 19.5 Å². The summed E-state index contributed by atoms with van der Waals surface area (Å²) in [6.45, 7) is 11.9. The fraction of sp³-hybridized carbons (Fsp3) is 0.556. The van der Waals surface area contributed by atoms with Gasteiger partial charge in [-0.05, 0) is 29.4 Å². The van der Waals surface area contributed by atoms with E-state index in [1.165, 1.54) is 4.90 Å². The molecule has 1 aromatic heterocycles. The summed E-state index contributed by atoms with van der Waals surface area (Å²) in [5.41, 5.74) is 4.26. The molecule has 3 N–H and O–H groups in total. The molecule has 0 saturated carbocycles. The fourth-order valence-electron chi connectivity index (χ4n) is 4.37. The lowest BCUT2D eigenvalue weighted by Gasteiger charge is -2.35. The van der Waals surface area contributed by atoms with E-state index >= 15 is 0 Å². The van der Waals surface area contributed by atoms with E-state index in [0.29, 0.717) is 13.0 Å². The van der Waals surface area contributed by atoms with Crippen molar-refractivity contribution >= 4 is 29.1 Å². The summed E-state index contributed by atoms with van der Waals surface area (Å²) in [5.74, 6) is -0.701. The third-order valence-corrected chi connectivity index (χ3v) is 7.28. The van der Waals surface area contributed by atoms with Gasteiger partial charge < -0.3 is 20.6 Å². The van der Waals surface area contributed by atoms with Gasteiger partial charge in [-0.15, -0.1) is 11.3 Å². The molecular weight excluding hydrogens is 476 g/mol. The first-order chi connectivity index (χ1) is 16.9. The maximum absolute atomic E-state index is 13.5. The molecule has 3 amide bonds. The van der Waals surface area contributed by atoms with Crippen molar-refractivity contribution in [1.82, 2.24) is 20.5 Å². The van der Waals surface area contributed by atoms with Crippen molar-refractivity contribution in [3.8, 4) is 10.4 Å². The first-order valence-electron chi connectivity index (χ1n) is 12.4. The Bertz CT molecular complexity index is 1070. The van der Waals surface area contributed by atoms with Crippen molar-refractivity contribution in [2.45, 2.75) is 79.1 Å². The molecular formula is C27H38N4O4S. The van der Waals surface area contributed by atoms with E-state index in [1.807, 2.05) is 71.3 Å². The summed E-state index contributed by atoms with van der Waals surface area (Å²) in [7, 11) is 0. The number of carbonyl (C=O) groups is 3. The highest BCUT2D eigenvalue weighted by Gasteiger charge is 2.44. The smallest absolute Gasteiger partial charge is 0.246 e. The second kappa shape index (κ2) is 11.5. The Morgan fingerprint density at radius 2 is 1.86 bits per heavy atom. The Labute approximate surface area is 217 Å². The number of thiazole rings is 1. The van der Waals surface area contributed by atoms with Crippen LogP contribution in [0, 0.1) is 18.3 Å². The van der Waals surface area contributed by atoms with Gasteiger partial charge >= 0.3 is 0 Å². The van der Waals surface area contributed by atoms with Gasteiger partial charge in [0.2, 0.25) is 17.7 Å². The van der Waals surface area contributed by atoms with Gasteiger partial charge in [0.1, 0.15) is 12.1 Å². The Balaban J connectivity index is 1.67. The van der Waals surface area contributed by atoms with Gasteiger partial charge in [-0.25, -0.2) is 4.98 Å². The predicted molar refractivity (Wildman–Crippen MR) is 141 cm³/mol. The van der Waals surface area contributed by atoms with E-state index in [4.69, 9.17) is 0 Å². The van der Waals surface area contributed by atoms with Crippen molar-refractivity contribution in [2.24, 2.45) is 11.3 Å². The summed E-state index contributed by atoms with van der Waals surface area (Å²) >= 11 is 1.59. The predicted octanol–water partition coefficient (Wildman–Crippen LogP) is 3.27. The highest BCUT2D eigenvalue weighted by atomic mass is 32.1. The maximum Gasteiger partial charge on any atom is 0.246 e. The molecule has 1 aliphatic heterocycles. The number of aryl methyl sites for hydroxylation is 1. The molecule has 1 unspecified atom stereocenters. The number of aliphatic hydroxyl groups excluding tert-OH is 1. The van der Waals surface area contributed by atoms with Crippen LogP contribution in [0.15, 0.2) is 29.8 Å². The Kier molecular flexibility index (Phi) is 8.89. The van der Waals surface area contributed by atoms with E-state index in [-0.39, 0.29) is 36.6 Å². The number of likely N-dealkylation sites (tertiary alicyclic amines) is 1. The van der Waals surface area contributed by atoms with Crippen LogP contribution < -0.4 is 10.6 Å². The number of aromatic nitrogens is 1. The normalized spacial score (nSPS) is 18.8. The van der Waals surface area contributed by atoms with Crippen molar-refractivity contribution in [3.63, 3.8) is 0 Å². The maximum atomic E-state index is 13.5. The molecule has 1 fully saturated rings. The number of hydrogen-bond donors (Lipinski definition) is 3. The van der Waals surface area contributed by atoms with Gasteiger partial charge in [-0.1, -0.05) is 58.9 Å². The van der Waals surface area contributed by atoms with Gasteiger partial charge in [-0.2, -0.15) is 0 Å². The Morgan fingerprint density at radius 1 is 1.19 bits per heavy atom. The highest BCUT2D eigenvalue weighted by molar-refractivity contribution is 7.13. The van der Waals surface area contributed by atoms with E-state index in [2.05, 4.69) is 15.6 Å². The monoisotopic (exact) mass is 514 g/mol. The average Bonchev–Trinajstić information content (AvgIpc) is 3.40. The summed E-state index contributed by atoms with van der Waals surface area (Å²) in [6, 6.07) is 6.34. The number of carbonyl (C=O) groups excluding carboxylic acids is 3. The van der Waals surface area contributed by atoms with E-state index < -0.39 is 23.6 Å². The van der Waals surface area contributed by atoms with Crippen molar-refractivity contribution in [1.29, 1.82) is 0 Å². The Morgan fingerprint density at radius 3 is 2.42 bits per heavy atom. The summed E-state index contributed by atoms with van der Waals surface area (Å²) in [6.07, 6.45) is -0.315. The lowest BCUT2D eigenvalue weighted by Crippen LogP contribution is -2.57. The molecule has 3 rings (SSSR count). The SMILES string of the molecule is Cc1ncsc1-c1ccc(CNC(=O)[C@@H]2C[C@@H](O)CN2C(=O)C(NC(=O)CC(C)C)C(C)(C)C)cc1. The molecule has 0 spiro atoms. The topological polar surface area (TPSA) is 112 Å². The first kappa shape index (κ1) is 27.8. The second-order valence-corrected chi connectivity index (χ2v) is 11.9. The molecule has 2 heterocycles. The number of aliphatic hydroxyl groups is 1. The number of nitrogens with one attached hydrogen (secondary N) is 2. The summed E-state index contributed by atoms with van der Waals surface area (Å²) in [5, 5.41) is 16.1. The van der Waals surface area contributed by atoms with Gasteiger partial charge in [0.25, 0.3) is 0 Å². The van der Waals surface area contributed by atoms with Crippen molar-refractivity contribution in [3.05, 3.63) is 41.0 Å². The van der Waals surface area contributed by atoms with Gasteiger partial charge in [0.15, 0.2) is 0 Å². The molecule has 3 atom stereocenters. The second-order valence-electron chi connectivity index (χ2n) is 11.0. The minimum absolute atomic E-state index is 0.0620. The zero-order valence-corrected chi connectivity index (χ0v) is 22.8. The Hall–Kier alpha value is -2.78. The van der Waals surface area contributed by atoms with Crippen LogP contribution >= 0.6 is 11.3 Å². The molecule has 196 valence electrons. The largest absolute Gasteiger partial charge is 0.391 e. The van der Waals surface area contributed by atoms with Crippen LogP contribution in [0.4, 0.5) is 0 Å². The van der Waals surface area contributed by atoms with Crippen LogP contribution in [0.5, 0.6) is 0 Å². The third-order valence-electron chi connectivity index (χ3n) is 6.31. The van der Waals surface area contributed by atoms with Crippen molar-refractivity contribution in [2.75, 3.05) is 6.54 Å². The molecule has 36 heavy (non-hydrogen) atoms. The standard InChI is InChI=1S/C27H38N4O4S/c1-16(2)11-22(33)30-24(27(4,5)6)26(35)31-14-20(32)12-21(31)25(34)28-13-18-7-9-19(10-8-18)23-17(3)29-15-36-23/h7-10,15-16,20-21,24,32H,11-14H2,1-6H3,(H,28,34)(H,30,33)/t20-,21+,24?/m1/s1. The minimum atomic E-state index is -0.799. The molecule has 1 aliphatic rings. The zero-order valence-electron chi connectivity index (χ0n) is 22.0. The molecule has 0 radical (unpaired) electrons. The molecule has 1 saturated heterocycles. The summed E-state index contributed by atoms with van der Waals surface area (Å²) < 4.78 is 0. The fourth-order valence-corrected chi connectivity index (χ4v) is 5.18. The summed E-state index contributed by atoms with van der Waals surface area (Å²) in [4.78, 5) is 45.9. The molecule has 2 aromatic rings. The molecule has 0 aliphatic carbocycles. The average molecular weight is 515 g/mol. The van der Waals surface area contributed by atoms with Gasteiger partial charge in [0.05, 0.1) is 22.2 Å². The number of nitrogens with zero attached hydrogens (tertiary/aromatic N) is 2. The lowest BCUT2D eigenvalue weighted by molar-refractivity contribution is -0.144. The quantitative estimate of drug-likeness (QED) is 0.501. The third kappa shape index (κ3) is 6.91. The van der Waals surface area contributed by atoms with Crippen LogP contribution in [-0.4, -0.2) is 57.4 Å². The van der Waals surface area contributed by atoms with Crippen LogP contribution in [0.25, 0.3) is 10.4 Å². The van der Waals surface area contributed by atoms with Crippen LogP contribution in [0.2, 0.25) is 0 Å². The number of benzene rings is 1. The number of β-amino-alcohol motifs (C(OH)–C–C–N with tert-alkyl or cyclic N) is 1.